The summed E-state index contributed by atoms with van der Waals surface area (Å²) < 4.78 is 3.26. The molecule has 2 heterocycles. The number of nitrogens with one attached hydrogen (secondary N) is 1. The third kappa shape index (κ3) is 3.13. The Morgan fingerprint density at radius 2 is 2.22 bits per heavy atom. The molecule has 2 aromatic rings. The Morgan fingerprint density at radius 1 is 1.44 bits per heavy atom. The molecule has 1 N–H and O–H groups in total. The molecule has 0 aromatic carbocycles. The van der Waals surface area contributed by atoms with Crippen molar-refractivity contribution in [3.05, 3.63) is 32.7 Å². The predicted molar refractivity (Wildman–Crippen MR) is 80.1 cm³/mol. The second-order valence-corrected chi connectivity index (χ2v) is 6.25. The van der Waals surface area contributed by atoms with Gasteiger partial charge >= 0.3 is 0 Å². The number of thiophene rings is 1. The van der Waals surface area contributed by atoms with Crippen molar-refractivity contribution < 1.29 is 0 Å². The van der Waals surface area contributed by atoms with Gasteiger partial charge in [-0.3, -0.25) is 0 Å². The first-order valence-electron chi connectivity index (χ1n) is 5.69. The molecule has 0 aliphatic heterocycles. The van der Waals surface area contributed by atoms with Crippen LogP contribution in [0.3, 0.4) is 0 Å². The quantitative estimate of drug-likeness (QED) is 0.915. The molecule has 0 aliphatic carbocycles. The highest BCUT2D eigenvalue weighted by molar-refractivity contribution is 9.10. The minimum atomic E-state index is 0.826. The molecule has 0 spiro atoms. The van der Waals surface area contributed by atoms with Crippen LogP contribution in [-0.2, 0) is 20.1 Å². The van der Waals surface area contributed by atoms with Crippen molar-refractivity contribution in [1.29, 1.82) is 0 Å². The van der Waals surface area contributed by atoms with Crippen LogP contribution >= 0.6 is 27.3 Å². The highest BCUT2D eigenvalue weighted by Gasteiger charge is 2.07. The lowest BCUT2D eigenvalue weighted by atomic mass is 10.4. The van der Waals surface area contributed by atoms with Gasteiger partial charge in [0.1, 0.15) is 0 Å². The minimum Gasteiger partial charge on any atom is -0.348 e. The fourth-order valence-electron chi connectivity index (χ4n) is 1.77. The Balaban J connectivity index is 1.90. The zero-order valence-electron chi connectivity index (χ0n) is 10.8. The maximum absolute atomic E-state index is 4.39. The second kappa shape index (κ2) is 5.86. The summed E-state index contributed by atoms with van der Waals surface area (Å²) in [6.45, 7) is 1.71. The Morgan fingerprint density at radius 3 is 2.78 bits per heavy atom. The van der Waals surface area contributed by atoms with Crippen molar-refractivity contribution in [2.24, 2.45) is 7.05 Å². The van der Waals surface area contributed by atoms with Gasteiger partial charge in [-0.25, -0.2) is 4.98 Å². The van der Waals surface area contributed by atoms with Gasteiger partial charge in [-0.1, -0.05) is 0 Å². The van der Waals surface area contributed by atoms with Crippen molar-refractivity contribution in [3.8, 4) is 0 Å². The molecule has 0 atom stereocenters. The summed E-state index contributed by atoms with van der Waals surface area (Å²) in [6.07, 6.45) is 1.92. The average Bonchev–Trinajstić information content (AvgIpc) is 2.87. The van der Waals surface area contributed by atoms with E-state index in [0.29, 0.717) is 0 Å². The van der Waals surface area contributed by atoms with E-state index in [9.17, 15) is 0 Å². The number of halogens is 1. The summed E-state index contributed by atoms with van der Waals surface area (Å²) in [5.74, 6) is 0.977. The van der Waals surface area contributed by atoms with Gasteiger partial charge in [0.05, 0.1) is 11.9 Å². The van der Waals surface area contributed by atoms with Crippen LogP contribution in [0.15, 0.2) is 22.1 Å². The van der Waals surface area contributed by atoms with Crippen LogP contribution in [0.4, 0.5) is 5.95 Å². The fraction of sp³-hybridized carbons (Fsp3) is 0.417. The molecule has 0 fully saturated rings. The van der Waals surface area contributed by atoms with E-state index >= 15 is 0 Å². The average molecular weight is 329 g/mol. The van der Waals surface area contributed by atoms with E-state index in [4.69, 9.17) is 0 Å². The molecule has 0 amide bonds. The van der Waals surface area contributed by atoms with Crippen molar-refractivity contribution in [2.45, 2.75) is 13.1 Å². The van der Waals surface area contributed by atoms with Gasteiger partial charge in [0.15, 0.2) is 0 Å². The molecular weight excluding hydrogens is 312 g/mol. The lowest BCUT2D eigenvalue weighted by Gasteiger charge is -2.12. The van der Waals surface area contributed by atoms with Crippen LogP contribution in [-0.4, -0.2) is 23.6 Å². The minimum absolute atomic E-state index is 0.826. The summed E-state index contributed by atoms with van der Waals surface area (Å²) in [6, 6.07) is 2.14. The zero-order valence-corrected chi connectivity index (χ0v) is 13.2. The lowest BCUT2D eigenvalue weighted by Crippen LogP contribution is -2.17. The Bertz CT molecular complexity index is 518. The van der Waals surface area contributed by atoms with Gasteiger partial charge in [-0.15, -0.1) is 11.3 Å². The first kappa shape index (κ1) is 13.6. The van der Waals surface area contributed by atoms with Gasteiger partial charge in [0.25, 0.3) is 0 Å². The van der Waals surface area contributed by atoms with E-state index in [1.54, 1.807) is 11.3 Å². The number of hydrogen-bond acceptors (Lipinski definition) is 4. The Kier molecular flexibility index (Phi) is 4.42. The van der Waals surface area contributed by atoms with Crippen LogP contribution in [0.2, 0.25) is 0 Å². The smallest absolute Gasteiger partial charge is 0.204 e. The first-order valence-corrected chi connectivity index (χ1v) is 7.36. The molecular formula is C12H17BrN4S. The van der Waals surface area contributed by atoms with Crippen LogP contribution in [0, 0.1) is 0 Å². The summed E-state index contributed by atoms with van der Waals surface area (Å²) in [5, 5.41) is 5.54. The normalized spacial score (nSPS) is 10.9. The monoisotopic (exact) mass is 328 g/mol. The van der Waals surface area contributed by atoms with Crippen LogP contribution in [0.1, 0.15) is 10.6 Å². The number of imidazole rings is 1. The highest BCUT2D eigenvalue weighted by atomic mass is 79.9. The Hall–Kier alpha value is -0.850. The molecule has 0 saturated heterocycles. The van der Waals surface area contributed by atoms with Gasteiger partial charge < -0.3 is 14.8 Å². The molecule has 0 radical (unpaired) electrons. The fourth-order valence-corrected chi connectivity index (χ4v) is 3.19. The van der Waals surface area contributed by atoms with Crippen LogP contribution in [0.25, 0.3) is 0 Å². The van der Waals surface area contributed by atoms with E-state index in [2.05, 4.69) is 42.2 Å². The molecule has 4 nitrogen and oxygen atoms in total. The van der Waals surface area contributed by atoms with E-state index in [1.165, 1.54) is 10.6 Å². The number of rotatable bonds is 5. The molecule has 0 saturated carbocycles. The molecule has 0 unspecified atom stereocenters. The van der Waals surface area contributed by atoms with Gasteiger partial charge in [0, 0.05) is 49.0 Å². The first-order chi connectivity index (χ1) is 8.58. The topological polar surface area (TPSA) is 33.1 Å². The molecule has 18 heavy (non-hydrogen) atoms. The molecule has 6 heteroatoms. The molecule has 2 rings (SSSR count). The van der Waals surface area contributed by atoms with Gasteiger partial charge in [0.2, 0.25) is 5.95 Å². The molecule has 0 bridgehead atoms. The number of nitrogens with zero attached hydrogens (tertiary/aromatic N) is 3. The SMILES string of the molecule is CN(C)c1ncc(CNCc2cc(Br)cs2)n1C. The number of anilines is 1. The van der Waals surface area contributed by atoms with E-state index < -0.39 is 0 Å². The van der Waals surface area contributed by atoms with E-state index in [1.807, 2.05) is 32.2 Å². The highest BCUT2D eigenvalue weighted by Crippen LogP contribution is 2.19. The molecule has 0 aliphatic rings. The maximum Gasteiger partial charge on any atom is 0.204 e. The predicted octanol–water partition coefficient (Wildman–Crippen LogP) is 2.60. The third-order valence-corrected chi connectivity index (χ3v) is 4.38. The van der Waals surface area contributed by atoms with Crippen molar-refractivity contribution in [1.82, 2.24) is 14.9 Å². The Labute approximate surface area is 120 Å². The standard InChI is InChI=1S/C12H17BrN4S/c1-16(2)12-15-6-10(17(12)3)5-14-7-11-4-9(13)8-18-11/h4,6,8,14H,5,7H2,1-3H3. The zero-order chi connectivity index (χ0) is 13.1. The summed E-state index contributed by atoms with van der Waals surface area (Å²) in [7, 11) is 6.05. The number of hydrogen-bond donors (Lipinski definition) is 1. The van der Waals surface area contributed by atoms with Crippen molar-refractivity contribution >= 4 is 33.2 Å². The molecule has 2 aromatic heterocycles. The van der Waals surface area contributed by atoms with Gasteiger partial charge in [-0.05, 0) is 22.0 Å². The third-order valence-electron chi connectivity index (χ3n) is 2.69. The lowest BCUT2D eigenvalue weighted by molar-refractivity contribution is 0.659. The van der Waals surface area contributed by atoms with E-state index in [0.717, 1.165) is 23.5 Å². The molecule has 98 valence electrons. The van der Waals surface area contributed by atoms with Gasteiger partial charge in [-0.2, -0.15) is 0 Å². The van der Waals surface area contributed by atoms with Crippen LogP contribution < -0.4 is 10.2 Å². The maximum atomic E-state index is 4.39. The summed E-state index contributed by atoms with van der Waals surface area (Å²) >= 11 is 5.22. The summed E-state index contributed by atoms with van der Waals surface area (Å²) in [5.41, 5.74) is 1.19. The van der Waals surface area contributed by atoms with Crippen molar-refractivity contribution in [2.75, 3.05) is 19.0 Å². The second-order valence-electron chi connectivity index (χ2n) is 4.34. The largest absolute Gasteiger partial charge is 0.348 e. The summed E-state index contributed by atoms with van der Waals surface area (Å²) in [4.78, 5) is 7.73. The number of aromatic nitrogens is 2. The van der Waals surface area contributed by atoms with E-state index in [-0.39, 0.29) is 0 Å². The van der Waals surface area contributed by atoms with Crippen molar-refractivity contribution in [3.63, 3.8) is 0 Å². The van der Waals surface area contributed by atoms with Crippen LogP contribution in [0.5, 0.6) is 0 Å².